The molecule has 4 heteroatoms. The Kier molecular flexibility index (Phi) is 5.01. The summed E-state index contributed by atoms with van der Waals surface area (Å²) in [5, 5.41) is 0. The molecule has 2 rings (SSSR count). The van der Waals surface area contributed by atoms with Crippen LogP contribution in [-0.2, 0) is 11.4 Å². The van der Waals surface area contributed by atoms with Gasteiger partial charge in [0.2, 0.25) is 0 Å². The molecule has 1 atom stereocenters. The van der Waals surface area contributed by atoms with Crippen LogP contribution in [0.4, 0.5) is 4.39 Å². The summed E-state index contributed by atoms with van der Waals surface area (Å²) in [6.45, 7) is 2.51. The number of aromatic nitrogens is 1. The first-order valence-electron chi connectivity index (χ1n) is 6.32. The third kappa shape index (κ3) is 4.12. The minimum atomic E-state index is -0.330. The first-order chi connectivity index (χ1) is 9.29. The highest BCUT2D eigenvalue weighted by Gasteiger charge is 2.10. The van der Waals surface area contributed by atoms with Crippen LogP contribution in [0.5, 0.6) is 0 Å². The number of nitrogens with zero attached hydrogens (tertiary/aromatic N) is 1. The molecule has 0 bridgehead atoms. The summed E-state index contributed by atoms with van der Waals surface area (Å²) in [5.41, 5.74) is 4.84. The maximum Gasteiger partial charge on any atom is 0.141 e. The van der Waals surface area contributed by atoms with Crippen molar-refractivity contribution in [2.75, 3.05) is 0 Å². The van der Waals surface area contributed by atoms with Gasteiger partial charge in [-0.3, -0.25) is 9.82 Å². The highest BCUT2D eigenvalue weighted by atomic mass is 19.1. The van der Waals surface area contributed by atoms with E-state index >= 15 is 0 Å². The molecule has 1 heterocycles. The number of hydrogen-bond acceptors (Lipinski definition) is 3. The van der Waals surface area contributed by atoms with Gasteiger partial charge in [0, 0.05) is 0 Å². The summed E-state index contributed by atoms with van der Waals surface area (Å²) in [5.74, 6) is -0.330. The molecule has 1 unspecified atom stereocenters. The summed E-state index contributed by atoms with van der Waals surface area (Å²) in [7, 11) is 0. The van der Waals surface area contributed by atoms with Crippen molar-refractivity contribution in [3.8, 4) is 0 Å². The van der Waals surface area contributed by atoms with Crippen LogP contribution >= 0.6 is 0 Å². The van der Waals surface area contributed by atoms with Gasteiger partial charge in [-0.2, -0.15) is 5.48 Å². The van der Waals surface area contributed by atoms with Crippen LogP contribution in [0.15, 0.2) is 48.7 Å². The molecule has 0 saturated carbocycles. The Hall–Kier alpha value is -1.78. The standard InChI is InChI=1S/C15H17FN2O/c1-2-14(15-9-8-13(16)10-17-15)18-19-11-12-6-4-3-5-7-12/h3-10,14,18H,2,11H2,1H3. The van der Waals surface area contributed by atoms with Crippen LogP contribution in [0.1, 0.15) is 30.6 Å². The molecule has 1 aromatic heterocycles. The van der Waals surface area contributed by atoms with Gasteiger partial charge in [-0.05, 0) is 24.1 Å². The van der Waals surface area contributed by atoms with Crippen molar-refractivity contribution in [3.63, 3.8) is 0 Å². The molecule has 0 radical (unpaired) electrons. The quantitative estimate of drug-likeness (QED) is 0.808. The second-order valence-corrected chi connectivity index (χ2v) is 4.25. The van der Waals surface area contributed by atoms with Gasteiger partial charge in [-0.15, -0.1) is 0 Å². The van der Waals surface area contributed by atoms with E-state index in [0.717, 1.165) is 17.7 Å². The molecule has 0 spiro atoms. The van der Waals surface area contributed by atoms with Gasteiger partial charge in [0.25, 0.3) is 0 Å². The van der Waals surface area contributed by atoms with Gasteiger partial charge < -0.3 is 0 Å². The minimum absolute atomic E-state index is 0.0377. The fraction of sp³-hybridized carbons (Fsp3) is 0.267. The minimum Gasteiger partial charge on any atom is -0.296 e. The Bertz CT molecular complexity index is 487. The van der Waals surface area contributed by atoms with Gasteiger partial charge in [0.15, 0.2) is 0 Å². The Labute approximate surface area is 112 Å². The summed E-state index contributed by atoms with van der Waals surface area (Å²) >= 11 is 0. The number of rotatable bonds is 6. The van der Waals surface area contributed by atoms with Gasteiger partial charge in [0.05, 0.1) is 24.5 Å². The molecule has 1 aromatic carbocycles. The van der Waals surface area contributed by atoms with Crippen molar-refractivity contribution in [1.82, 2.24) is 10.5 Å². The van der Waals surface area contributed by atoms with Crippen LogP contribution in [-0.4, -0.2) is 4.98 Å². The topological polar surface area (TPSA) is 34.1 Å². The summed E-state index contributed by atoms with van der Waals surface area (Å²) in [6, 6.07) is 12.9. The van der Waals surface area contributed by atoms with Gasteiger partial charge >= 0.3 is 0 Å². The van der Waals surface area contributed by atoms with E-state index in [4.69, 9.17) is 4.84 Å². The molecule has 19 heavy (non-hydrogen) atoms. The fourth-order valence-electron chi connectivity index (χ4n) is 1.75. The largest absolute Gasteiger partial charge is 0.296 e. The van der Waals surface area contributed by atoms with E-state index in [1.807, 2.05) is 37.3 Å². The van der Waals surface area contributed by atoms with Crippen molar-refractivity contribution < 1.29 is 9.23 Å². The molecular weight excluding hydrogens is 243 g/mol. The molecular formula is C15H17FN2O. The number of halogens is 1. The lowest BCUT2D eigenvalue weighted by atomic mass is 10.1. The van der Waals surface area contributed by atoms with Crippen LogP contribution in [0.3, 0.4) is 0 Å². The molecule has 0 saturated heterocycles. The molecule has 100 valence electrons. The third-order valence-corrected chi connectivity index (χ3v) is 2.82. The van der Waals surface area contributed by atoms with E-state index < -0.39 is 0 Å². The lowest BCUT2D eigenvalue weighted by Crippen LogP contribution is -2.22. The number of hydrogen-bond donors (Lipinski definition) is 1. The second-order valence-electron chi connectivity index (χ2n) is 4.25. The van der Waals surface area contributed by atoms with E-state index in [0.29, 0.717) is 6.61 Å². The van der Waals surface area contributed by atoms with Crippen molar-refractivity contribution in [2.45, 2.75) is 26.0 Å². The molecule has 0 aliphatic heterocycles. The Morgan fingerprint density at radius 2 is 2.00 bits per heavy atom. The highest BCUT2D eigenvalue weighted by Crippen LogP contribution is 2.14. The Balaban J connectivity index is 1.87. The van der Waals surface area contributed by atoms with E-state index in [1.54, 1.807) is 6.07 Å². The van der Waals surface area contributed by atoms with E-state index in [2.05, 4.69) is 10.5 Å². The predicted molar refractivity (Wildman–Crippen MR) is 71.6 cm³/mol. The molecule has 2 aromatic rings. The van der Waals surface area contributed by atoms with Gasteiger partial charge in [-0.25, -0.2) is 4.39 Å². The lowest BCUT2D eigenvalue weighted by molar-refractivity contribution is 0.00108. The summed E-state index contributed by atoms with van der Waals surface area (Å²) in [4.78, 5) is 9.53. The number of hydroxylamine groups is 1. The second kappa shape index (κ2) is 6.97. The predicted octanol–water partition coefficient (Wildman–Crippen LogP) is 3.39. The fourth-order valence-corrected chi connectivity index (χ4v) is 1.75. The van der Waals surface area contributed by atoms with Gasteiger partial charge in [-0.1, -0.05) is 37.3 Å². The average Bonchev–Trinajstić information content (AvgIpc) is 2.46. The maximum atomic E-state index is 12.8. The Morgan fingerprint density at radius 3 is 2.63 bits per heavy atom. The normalized spacial score (nSPS) is 12.3. The van der Waals surface area contributed by atoms with Crippen LogP contribution in [0.25, 0.3) is 0 Å². The van der Waals surface area contributed by atoms with Gasteiger partial charge in [0.1, 0.15) is 5.82 Å². The molecule has 0 fully saturated rings. The van der Waals surface area contributed by atoms with Crippen molar-refractivity contribution in [1.29, 1.82) is 0 Å². The molecule has 0 aliphatic carbocycles. The zero-order valence-electron chi connectivity index (χ0n) is 10.8. The number of benzene rings is 1. The van der Waals surface area contributed by atoms with Crippen molar-refractivity contribution in [3.05, 3.63) is 65.7 Å². The zero-order valence-corrected chi connectivity index (χ0v) is 10.8. The number of pyridine rings is 1. The highest BCUT2D eigenvalue weighted by molar-refractivity contribution is 5.13. The molecule has 3 nitrogen and oxygen atoms in total. The van der Waals surface area contributed by atoms with Crippen LogP contribution in [0.2, 0.25) is 0 Å². The van der Waals surface area contributed by atoms with E-state index in [1.165, 1.54) is 12.3 Å². The smallest absolute Gasteiger partial charge is 0.141 e. The Morgan fingerprint density at radius 1 is 1.21 bits per heavy atom. The third-order valence-electron chi connectivity index (χ3n) is 2.82. The molecule has 0 amide bonds. The number of nitrogens with one attached hydrogen (secondary N) is 1. The lowest BCUT2D eigenvalue weighted by Gasteiger charge is -2.16. The molecule has 1 N–H and O–H groups in total. The average molecular weight is 260 g/mol. The van der Waals surface area contributed by atoms with Crippen LogP contribution in [0, 0.1) is 5.82 Å². The SMILES string of the molecule is CCC(NOCc1ccccc1)c1ccc(F)cn1. The summed E-state index contributed by atoms with van der Waals surface area (Å²) in [6.07, 6.45) is 2.03. The maximum absolute atomic E-state index is 12.8. The first kappa shape index (κ1) is 13.6. The summed E-state index contributed by atoms with van der Waals surface area (Å²) < 4.78 is 12.8. The van der Waals surface area contributed by atoms with Crippen molar-refractivity contribution in [2.24, 2.45) is 0 Å². The van der Waals surface area contributed by atoms with Crippen LogP contribution < -0.4 is 5.48 Å². The monoisotopic (exact) mass is 260 g/mol. The van der Waals surface area contributed by atoms with E-state index in [9.17, 15) is 4.39 Å². The first-order valence-corrected chi connectivity index (χ1v) is 6.32. The molecule has 0 aliphatic rings. The zero-order chi connectivity index (χ0) is 13.5. The van der Waals surface area contributed by atoms with Crippen molar-refractivity contribution >= 4 is 0 Å². The van der Waals surface area contributed by atoms with E-state index in [-0.39, 0.29) is 11.9 Å².